The molecule has 0 unspecified atom stereocenters. The zero-order valence-electron chi connectivity index (χ0n) is 13.7. The van der Waals surface area contributed by atoms with Crippen molar-refractivity contribution in [2.75, 3.05) is 19.5 Å². The number of amides is 1. The molecule has 5 nitrogen and oxygen atoms in total. The Kier molecular flexibility index (Phi) is 7.28. The van der Waals surface area contributed by atoms with Gasteiger partial charge in [-0.3, -0.25) is 9.59 Å². The van der Waals surface area contributed by atoms with E-state index in [1.807, 2.05) is 18.2 Å². The quantitative estimate of drug-likeness (QED) is 0.577. The van der Waals surface area contributed by atoms with Gasteiger partial charge in [-0.1, -0.05) is 30.3 Å². The fourth-order valence-corrected chi connectivity index (χ4v) is 2.72. The fraction of sp³-hybridized carbons (Fsp3) is 0.222. The number of rotatable bonds is 8. The SMILES string of the molecule is COc1ccccc1CNC(=O)COC(=O)CSc1ccccc1F. The smallest absolute Gasteiger partial charge is 0.316 e. The molecule has 0 aliphatic rings. The van der Waals surface area contributed by atoms with E-state index in [0.717, 1.165) is 17.3 Å². The predicted octanol–water partition coefficient (Wildman–Crippen LogP) is 2.79. The number of carbonyl (C=O) groups is 2. The summed E-state index contributed by atoms with van der Waals surface area (Å²) >= 11 is 1.02. The normalized spacial score (nSPS) is 10.2. The molecule has 25 heavy (non-hydrogen) atoms. The van der Waals surface area contributed by atoms with Gasteiger partial charge in [-0.15, -0.1) is 11.8 Å². The lowest BCUT2D eigenvalue weighted by atomic mass is 10.2. The zero-order chi connectivity index (χ0) is 18.1. The Labute approximate surface area is 149 Å². The van der Waals surface area contributed by atoms with Crippen molar-refractivity contribution in [2.45, 2.75) is 11.4 Å². The first-order valence-electron chi connectivity index (χ1n) is 7.51. The number of benzene rings is 2. The molecule has 7 heteroatoms. The van der Waals surface area contributed by atoms with Crippen molar-refractivity contribution >= 4 is 23.6 Å². The summed E-state index contributed by atoms with van der Waals surface area (Å²) in [6.45, 7) is -0.115. The van der Waals surface area contributed by atoms with Crippen LogP contribution in [-0.4, -0.2) is 31.3 Å². The van der Waals surface area contributed by atoms with E-state index in [1.165, 1.54) is 6.07 Å². The predicted molar refractivity (Wildman–Crippen MR) is 92.9 cm³/mol. The molecule has 0 aliphatic heterocycles. The van der Waals surface area contributed by atoms with Gasteiger partial charge in [0.15, 0.2) is 6.61 Å². The Morgan fingerprint density at radius 2 is 1.84 bits per heavy atom. The molecule has 1 amide bonds. The van der Waals surface area contributed by atoms with Gasteiger partial charge in [-0.25, -0.2) is 4.39 Å². The molecular formula is C18H18FNO4S. The Hall–Kier alpha value is -2.54. The van der Waals surface area contributed by atoms with Crippen molar-refractivity contribution in [3.63, 3.8) is 0 Å². The van der Waals surface area contributed by atoms with Crippen LogP contribution in [0.4, 0.5) is 4.39 Å². The number of carbonyl (C=O) groups excluding carboxylic acids is 2. The van der Waals surface area contributed by atoms with E-state index in [4.69, 9.17) is 9.47 Å². The molecule has 1 N–H and O–H groups in total. The lowest BCUT2D eigenvalue weighted by Crippen LogP contribution is -2.28. The minimum absolute atomic E-state index is 0.0687. The monoisotopic (exact) mass is 363 g/mol. The molecule has 0 atom stereocenters. The fourth-order valence-electron chi connectivity index (χ4n) is 1.98. The van der Waals surface area contributed by atoms with Gasteiger partial charge < -0.3 is 14.8 Å². The maximum atomic E-state index is 13.4. The largest absolute Gasteiger partial charge is 0.496 e. The summed E-state index contributed by atoms with van der Waals surface area (Å²) < 4.78 is 23.5. The Morgan fingerprint density at radius 1 is 1.12 bits per heavy atom. The highest BCUT2D eigenvalue weighted by atomic mass is 32.2. The molecule has 0 saturated carbocycles. The standard InChI is InChI=1S/C18H18FNO4S/c1-23-15-8-4-2-6-13(15)10-20-17(21)11-24-18(22)12-25-16-9-5-3-7-14(16)19/h2-9H,10-12H2,1H3,(H,20,21). The summed E-state index contributed by atoms with van der Waals surface area (Å²) in [5, 5.41) is 2.65. The molecule has 2 rings (SSSR count). The third-order valence-corrected chi connectivity index (χ3v) is 4.24. The van der Waals surface area contributed by atoms with E-state index in [-0.39, 0.29) is 18.9 Å². The molecule has 0 aromatic heterocycles. The number of hydrogen-bond donors (Lipinski definition) is 1. The van der Waals surface area contributed by atoms with Crippen LogP contribution >= 0.6 is 11.8 Å². The molecular weight excluding hydrogens is 345 g/mol. The number of hydrogen-bond acceptors (Lipinski definition) is 5. The van der Waals surface area contributed by atoms with E-state index >= 15 is 0 Å². The van der Waals surface area contributed by atoms with Gasteiger partial charge in [0.2, 0.25) is 0 Å². The van der Waals surface area contributed by atoms with Gasteiger partial charge in [0.1, 0.15) is 11.6 Å². The maximum Gasteiger partial charge on any atom is 0.316 e. The van der Waals surface area contributed by atoms with Crippen LogP contribution in [0, 0.1) is 5.82 Å². The third kappa shape index (κ3) is 6.11. The Morgan fingerprint density at radius 3 is 2.60 bits per heavy atom. The van der Waals surface area contributed by atoms with Gasteiger partial charge in [-0.2, -0.15) is 0 Å². The number of methoxy groups -OCH3 is 1. The van der Waals surface area contributed by atoms with Crippen LogP contribution in [0.15, 0.2) is 53.4 Å². The highest BCUT2D eigenvalue weighted by Gasteiger charge is 2.10. The molecule has 0 aliphatic carbocycles. The summed E-state index contributed by atoms with van der Waals surface area (Å²) in [4.78, 5) is 23.8. The molecule has 0 bridgehead atoms. The van der Waals surface area contributed by atoms with Crippen LogP contribution in [0.2, 0.25) is 0 Å². The Balaban J connectivity index is 1.71. The lowest BCUT2D eigenvalue weighted by molar-refractivity contribution is -0.145. The van der Waals surface area contributed by atoms with Crippen LogP contribution in [-0.2, 0) is 20.9 Å². The maximum absolute atomic E-state index is 13.4. The van der Waals surface area contributed by atoms with Crippen molar-refractivity contribution in [1.29, 1.82) is 0 Å². The second kappa shape index (κ2) is 9.68. The minimum Gasteiger partial charge on any atom is -0.496 e. The number of ether oxygens (including phenoxy) is 2. The second-order valence-corrected chi connectivity index (χ2v) is 5.99. The molecule has 132 valence electrons. The molecule has 2 aromatic carbocycles. The number of para-hydroxylation sites is 1. The van der Waals surface area contributed by atoms with Crippen LogP contribution in [0.3, 0.4) is 0 Å². The van der Waals surface area contributed by atoms with E-state index in [0.29, 0.717) is 10.6 Å². The van der Waals surface area contributed by atoms with E-state index in [1.54, 1.807) is 31.4 Å². The first-order valence-corrected chi connectivity index (χ1v) is 8.50. The first-order chi connectivity index (χ1) is 12.1. The third-order valence-electron chi connectivity index (χ3n) is 3.21. The molecule has 0 fully saturated rings. The summed E-state index contributed by atoms with van der Waals surface area (Å²) in [5.74, 6) is -0.799. The van der Waals surface area contributed by atoms with Crippen LogP contribution in [0.1, 0.15) is 5.56 Å². The van der Waals surface area contributed by atoms with Crippen molar-refractivity contribution < 1.29 is 23.5 Å². The highest BCUT2D eigenvalue weighted by Crippen LogP contribution is 2.21. The van der Waals surface area contributed by atoms with Gasteiger partial charge in [-0.05, 0) is 18.2 Å². The van der Waals surface area contributed by atoms with Gasteiger partial charge in [0.25, 0.3) is 5.91 Å². The number of nitrogens with one attached hydrogen (secondary N) is 1. The second-order valence-electron chi connectivity index (χ2n) is 4.97. The molecule has 2 aromatic rings. The molecule has 0 heterocycles. The van der Waals surface area contributed by atoms with Crippen molar-refractivity contribution in [2.24, 2.45) is 0 Å². The summed E-state index contributed by atoms with van der Waals surface area (Å²) in [5.41, 5.74) is 0.819. The van der Waals surface area contributed by atoms with Crippen LogP contribution < -0.4 is 10.1 Å². The minimum atomic E-state index is -0.583. The van der Waals surface area contributed by atoms with Crippen molar-refractivity contribution in [3.8, 4) is 5.75 Å². The highest BCUT2D eigenvalue weighted by molar-refractivity contribution is 8.00. The van der Waals surface area contributed by atoms with Crippen LogP contribution in [0.5, 0.6) is 5.75 Å². The van der Waals surface area contributed by atoms with Gasteiger partial charge in [0, 0.05) is 17.0 Å². The average molecular weight is 363 g/mol. The van der Waals surface area contributed by atoms with E-state index in [2.05, 4.69) is 5.32 Å². The molecule has 0 radical (unpaired) electrons. The van der Waals surface area contributed by atoms with Crippen molar-refractivity contribution in [3.05, 3.63) is 59.9 Å². The summed E-state index contributed by atoms with van der Waals surface area (Å²) in [6, 6.07) is 13.4. The van der Waals surface area contributed by atoms with Gasteiger partial charge in [0.05, 0.1) is 12.9 Å². The van der Waals surface area contributed by atoms with Gasteiger partial charge >= 0.3 is 5.97 Å². The summed E-state index contributed by atoms with van der Waals surface area (Å²) in [7, 11) is 1.55. The average Bonchev–Trinajstić information content (AvgIpc) is 2.64. The molecule has 0 saturated heterocycles. The van der Waals surface area contributed by atoms with E-state index < -0.39 is 17.7 Å². The summed E-state index contributed by atoms with van der Waals surface area (Å²) in [6.07, 6.45) is 0. The number of esters is 1. The topological polar surface area (TPSA) is 64.6 Å². The number of halogens is 1. The Bertz CT molecular complexity index is 739. The van der Waals surface area contributed by atoms with Crippen molar-refractivity contribution in [1.82, 2.24) is 5.32 Å². The van der Waals surface area contributed by atoms with E-state index in [9.17, 15) is 14.0 Å². The first kappa shape index (κ1) is 18.8. The molecule has 0 spiro atoms. The lowest BCUT2D eigenvalue weighted by Gasteiger charge is -2.10. The van der Waals surface area contributed by atoms with Crippen LogP contribution in [0.25, 0.3) is 0 Å². The zero-order valence-corrected chi connectivity index (χ0v) is 14.5. The number of thioether (sulfide) groups is 1.